The molecule has 1 amide bonds. The number of hydrogen-bond donors (Lipinski definition) is 1. The summed E-state index contributed by atoms with van der Waals surface area (Å²) in [7, 11) is 0. The first-order valence-corrected chi connectivity index (χ1v) is 14.3. The third-order valence-electron chi connectivity index (χ3n) is 7.38. The monoisotopic (exact) mass is 584 g/mol. The molecule has 0 radical (unpaired) electrons. The molecule has 0 aliphatic carbocycles. The Balaban J connectivity index is 1.37. The van der Waals surface area contributed by atoms with E-state index in [4.69, 9.17) is 27.9 Å². The number of aliphatic hydroxyl groups is 1. The molecular weight excluding hydrogens is 559 g/mol. The Hall–Kier alpha value is -2.95. The number of carbonyl (C=O) groups excluding carboxylic acids is 2. The number of amides is 1. The number of aliphatic hydroxyl groups excluding tert-OH is 1. The quantitative estimate of drug-likeness (QED) is 0.290. The molecule has 0 saturated carbocycles. The summed E-state index contributed by atoms with van der Waals surface area (Å²) in [4.78, 5) is 37.1. The molecule has 0 bridgehead atoms. The van der Waals surface area contributed by atoms with Crippen molar-refractivity contribution in [1.29, 1.82) is 0 Å². The second-order valence-corrected chi connectivity index (χ2v) is 11.5. The van der Waals surface area contributed by atoms with Gasteiger partial charge in [0.2, 0.25) is 5.78 Å². The lowest BCUT2D eigenvalue weighted by Crippen LogP contribution is -2.39. The van der Waals surface area contributed by atoms with Crippen LogP contribution in [0.2, 0.25) is 10.0 Å². The molecule has 202 valence electrons. The van der Waals surface area contributed by atoms with Crippen molar-refractivity contribution in [1.82, 2.24) is 19.2 Å². The maximum atomic E-state index is 14.1. The molecule has 2 aromatic heterocycles. The third-order valence-corrected chi connectivity index (χ3v) is 9.26. The van der Waals surface area contributed by atoms with E-state index in [1.165, 1.54) is 11.3 Å². The van der Waals surface area contributed by atoms with E-state index < -0.39 is 23.5 Å². The normalized spacial score (nSPS) is 18.7. The van der Waals surface area contributed by atoms with Crippen LogP contribution in [0.15, 0.2) is 53.8 Å². The Kier molecular flexibility index (Phi) is 7.11. The molecule has 2 aliphatic heterocycles. The number of carbonyl (C=O) groups is 2. The van der Waals surface area contributed by atoms with Crippen LogP contribution in [0.25, 0.3) is 16.0 Å². The summed E-state index contributed by atoms with van der Waals surface area (Å²) in [5.74, 6) is -1.50. The number of benzene rings is 2. The summed E-state index contributed by atoms with van der Waals surface area (Å²) in [5.41, 5.74) is 3.10. The Morgan fingerprint density at radius 2 is 1.90 bits per heavy atom. The van der Waals surface area contributed by atoms with Crippen LogP contribution in [0.4, 0.5) is 0 Å². The average molecular weight is 586 g/mol. The van der Waals surface area contributed by atoms with Gasteiger partial charge in [-0.3, -0.25) is 18.9 Å². The van der Waals surface area contributed by atoms with Crippen molar-refractivity contribution in [3.05, 3.63) is 80.0 Å². The topological polar surface area (TPSA) is 87.4 Å². The fraction of sp³-hybridized carbons (Fsp3) is 0.321. The Labute approximate surface area is 239 Å². The highest BCUT2D eigenvalue weighted by molar-refractivity contribution is 7.19. The molecule has 0 spiro atoms. The van der Waals surface area contributed by atoms with E-state index in [1.807, 2.05) is 35.6 Å². The molecule has 1 fully saturated rings. The van der Waals surface area contributed by atoms with Gasteiger partial charge >= 0.3 is 0 Å². The van der Waals surface area contributed by atoms with Gasteiger partial charge in [0.05, 0.1) is 50.8 Å². The van der Waals surface area contributed by atoms with Crippen molar-refractivity contribution < 1.29 is 19.4 Å². The minimum absolute atomic E-state index is 0.0432. The molecule has 11 heteroatoms. The van der Waals surface area contributed by atoms with Crippen LogP contribution in [-0.2, 0) is 9.53 Å². The van der Waals surface area contributed by atoms with Gasteiger partial charge in [-0.15, -0.1) is 0 Å². The number of thiazole rings is 1. The van der Waals surface area contributed by atoms with Crippen molar-refractivity contribution in [2.75, 3.05) is 39.4 Å². The molecule has 1 atom stereocenters. The zero-order chi connectivity index (χ0) is 27.3. The van der Waals surface area contributed by atoms with E-state index in [2.05, 4.69) is 9.88 Å². The van der Waals surface area contributed by atoms with E-state index in [-0.39, 0.29) is 5.57 Å². The average Bonchev–Trinajstić information content (AvgIpc) is 3.55. The molecule has 1 N–H and O–H groups in total. The number of aromatic nitrogens is 2. The summed E-state index contributed by atoms with van der Waals surface area (Å²) in [6.07, 6.45) is 0.677. The second-order valence-electron chi connectivity index (χ2n) is 9.71. The van der Waals surface area contributed by atoms with Gasteiger partial charge in [-0.1, -0.05) is 52.7 Å². The number of para-hydroxylation sites is 2. The zero-order valence-electron chi connectivity index (χ0n) is 21.2. The Morgan fingerprint density at radius 3 is 2.67 bits per heavy atom. The predicted molar refractivity (Wildman–Crippen MR) is 152 cm³/mol. The largest absolute Gasteiger partial charge is 0.503 e. The van der Waals surface area contributed by atoms with E-state index in [0.29, 0.717) is 57.3 Å². The van der Waals surface area contributed by atoms with Gasteiger partial charge in [0, 0.05) is 31.9 Å². The number of ketones is 1. The SMILES string of the molecule is Cc1c(C(=O)C2=C(O)C(=O)N(CCCN3CCOCC3)C2c2ccc(Cl)c(Cl)c2)sc2nc3ccccc3n12. The van der Waals surface area contributed by atoms with Crippen molar-refractivity contribution in [2.24, 2.45) is 0 Å². The molecule has 2 aromatic carbocycles. The van der Waals surface area contributed by atoms with Crippen LogP contribution in [0.5, 0.6) is 0 Å². The number of hydrogen-bond acceptors (Lipinski definition) is 7. The first-order chi connectivity index (χ1) is 18.8. The number of Topliss-reactive ketones (excluding diaryl/α,β-unsaturated/α-hetero) is 1. The highest BCUT2D eigenvalue weighted by atomic mass is 35.5. The van der Waals surface area contributed by atoms with Crippen molar-refractivity contribution in [3.8, 4) is 0 Å². The van der Waals surface area contributed by atoms with Gasteiger partial charge < -0.3 is 14.7 Å². The van der Waals surface area contributed by atoms with Crippen LogP contribution in [0, 0.1) is 6.92 Å². The number of morpholine rings is 1. The lowest BCUT2D eigenvalue weighted by Gasteiger charge is -2.30. The number of nitrogens with zero attached hydrogens (tertiary/aromatic N) is 4. The maximum Gasteiger partial charge on any atom is 0.290 e. The van der Waals surface area contributed by atoms with E-state index in [0.717, 1.165) is 30.7 Å². The zero-order valence-corrected chi connectivity index (χ0v) is 23.5. The molecule has 2 aliphatic rings. The van der Waals surface area contributed by atoms with Gasteiger partial charge in [0.15, 0.2) is 10.7 Å². The summed E-state index contributed by atoms with van der Waals surface area (Å²) < 4.78 is 7.37. The molecule has 39 heavy (non-hydrogen) atoms. The van der Waals surface area contributed by atoms with Crippen molar-refractivity contribution in [3.63, 3.8) is 0 Å². The summed E-state index contributed by atoms with van der Waals surface area (Å²) in [5, 5.41) is 11.8. The van der Waals surface area contributed by atoms with E-state index >= 15 is 0 Å². The van der Waals surface area contributed by atoms with Crippen molar-refractivity contribution >= 4 is 62.2 Å². The lowest BCUT2D eigenvalue weighted by molar-refractivity contribution is -0.129. The second kappa shape index (κ2) is 10.6. The first-order valence-electron chi connectivity index (χ1n) is 12.8. The minimum atomic E-state index is -0.796. The molecule has 8 nitrogen and oxygen atoms in total. The van der Waals surface area contributed by atoms with Crippen LogP contribution in [0.1, 0.15) is 33.4 Å². The van der Waals surface area contributed by atoms with Crippen molar-refractivity contribution in [2.45, 2.75) is 19.4 Å². The van der Waals surface area contributed by atoms with Crippen LogP contribution >= 0.6 is 34.5 Å². The van der Waals surface area contributed by atoms with Crippen LogP contribution < -0.4 is 0 Å². The van der Waals surface area contributed by atoms with Crippen LogP contribution in [-0.4, -0.2) is 75.4 Å². The Bertz CT molecular complexity index is 1640. The smallest absolute Gasteiger partial charge is 0.290 e. The highest BCUT2D eigenvalue weighted by Crippen LogP contribution is 2.42. The number of imidazole rings is 1. The molecule has 4 aromatic rings. The number of halogens is 2. The number of aryl methyl sites for hydroxylation is 1. The number of ether oxygens (including phenoxy) is 1. The van der Waals surface area contributed by atoms with Gasteiger partial charge in [-0.05, 0) is 43.2 Å². The summed E-state index contributed by atoms with van der Waals surface area (Å²) >= 11 is 13.8. The highest BCUT2D eigenvalue weighted by Gasteiger charge is 2.44. The summed E-state index contributed by atoms with van der Waals surface area (Å²) in [6.45, 7) is 6.05. The first kappa shape index (κ1) is 26.3. The summed E-state index contributed by atoms with van der Waals surface area (Å²) in [6, 6.07) is 12.0. The van der Waals surface area contributed by atoms with Gasteiger partial charge in [-0.2, -0.15) is 0 Å². The molecular formula is C28H26Cl2N4O4S. The molecule has 1 saturated heterocycles. The molecule has 6 rings (SSSR count). The molecule has 4 heterocycles. The maximum absolute atomic E-state index is 14.1. The van der Waals surface area contributed by atoms with E-state index in [9.17, 15) is 14.7 Å². The van der Waals surface area contributed by atoms with Gasteiger partial charge in [0.25, 0.3) is 5.91 Å². The molecule has 1 unspecified atom stereocenters. The minimum Gasteiger partial charge on any atom is -0.503 e. The van der Waals surface area contributed by atoms with Crippen LogP contribution in [0.3, 0.4) is 0 Å². The third kappa shape index (κ3) is 4.62. The van der Waals surface area contributed by atoms with Gasteiger partial charge in [-0.25, -0.2) is 4.98 Å². The number of fused-ring (bicyclic) bond motifs is 3. The van der Waals surface area contributed by atoms with Gasteiger partial charge in [0.1, 0.15) is 0 Å². The fourth-order valence-corrected chi connectivity index (χ4v) is 6.83. The standard InChI is InChI=1S/C28H26Cl2N4O4S/c1-16-26(39-28-31-20-5-2-3-6-21(20)34(16)28)24(35)22-23(17-7-8-18(29)19(30)15-17)33(27(37)25(22)36)10-4-9-32-11-13-38-14-12-32/h2-3,5-8,15,23,36H,4,9-14H2,1H3. The number of rotatable bonds is 7. The lowest BCUT2D eigenvalue weighted by atomic mass is 9.95. The van der Waals surface area contributed by atoms with E-state index in [1.54, 1.807) is 23.1 Å². The fourth-order valence-electron chi connectivity index (χ4n) is 5.43. The Morgan fingerprint density at radius 1 is 1.13 bits per heavy atom. The predicted octanol–water partition coefficient (Wildman–Crippen LogP) is 5.46.